The van der Waals surface area contributed by atoms with Crippen molar-refractivity contribution in [2.24, 2.45) is 0 Å². The number of ether oxygens (including phenoxy) is 1. The fourth-order valence-corrected chi connectivity index (χ4v) is 3.22. The van der Waals surface area contributed by atoms with E-state index in [-0.39, 0.29) is 16.5 Å². The first-order chi connectivity index (χ1) is 11.4. The molecule has 7 nitrogen and oxygen atoms in total. The fourth-order valence-electron chi connectivity index (χ4n) is 1.87. The van der Waals surface area contributed by atoms with E-state index in [1.807, 2.05) is 19.0 Å². The van der Waals surface area contributed by atoms with E-state index in [2.05, 4.69) is 30.6 Å². The van der Waals surface area contributed by atoms with Crippen molar-refractivity contribution in [3.05, 3.63) is 41.3 Å². The van der Waals surface area contributed by atoms with Gasteiger partial charge in [0.15, 0.2) is 0 Å². The summed E-state index contributed by atoms with van der Waals surface area (Å²) in [6.07, 6.45) is 5.16. The van der Waals surface area contributed by atoms with Crippen molar-refractivity contribution in [3.63, 3.8) is 0 Å². The Labute approximate surface area is 150 Å². The standard InChI is InChI=1S/C15H19BrN4O3S/c1-20(2)7-4-8-23-15-14(9-12(16)10-18-15)19-24(21,22)13-5-3-6-17-11-13/h3,5-6,9-11,19H,4,7-8H2,1-2H3. The van der Waals surface area contributed by atoms with Crippen LogP contribution in [0.2, 0.25) is 0 Å². The minimum absolute atomic E-state index is 0.0727. The molecule has 0 unspecified atom stereocenters. The summed E-state index contributed by atoms with van der Waals surface area (Å²) in [6.45, 7) is 1.31. The molecule has 0 saturated carbocycles. The molecule has 0 aliphatic heterocycles. The van der Waals surface area contributed by atoms with E-state index in [1.165, 1.54) is 18.5 Å². The van der Waals surface area contributed by atoms with Gasteiger partial charge in [-0.1, -0.05) is 0 Å². The predicted octanol–water partition coefficient (Wildman–Crippen LogP) is 2.37. The second kappa shape index (κ2) is 8.41. The van der Waals surface area contributed by atoms with Gasteiger partial charge in [0.25, 0.3) is 10.0 Å². The summed E-state index contributed by atoms with van der Waals surface area (Å²) in [5.41, 5.74) is 0.276. The molecule has 0 amide bonds. The summed E-state index contributed by atoms with van der Waals surface area (Å²) in [7, 11) is 0.197. The van der Waals surface area contributed by atoms with Gasteiger partial charge in [-0.2, -0.15) is 0 Å². The van der Waals surface area contributed by atoms with Gasteiger partial charge in [-0.05, 0) is 54.6 Å². The molecule has 2 aromatic rings. The third-order valence-corrected chi connectivity index (χ3v) is 4.78. The molecule has 2 rings (SSSR count). The maximum absolute atomic E-state index is 12.4. The number of sulfonamides is 1. The summed E-state index contributed by atoms with van der Waals surface area (Å²) in [5, 5.41) is 0. The van der Waals surface area contributed by atoms with Crippen LogP contribution in [0.1, 0.15) is 6.42 Å². The van der Waals surface area contributed by atoms with Gasteiger partial charge >= 0.3 is 0 Å². The molecule has 0 bridgehead atoms. The summed E-state index contributed by atoms with van der Waals surface area (Å²) in [5.74, 6) is 0.240. The zero-order valence-corrected chi connectivity index (χ0v) is 15.8. The number of pyridine rings is 2. The van der Waals surface area contributed by atoms with Crippen LogP contribution in [0.5, 0.6) is 5.88 Å². The van der Waals surface area contributed by atoms with Crippen LogP contribution < -0.4 is 9.46 Å². The Balaban J connectivity index is 2.15. The summed E-state index contributed by atoms with van der Waals surface area (Å²) in [6, 6.07) is 4.65. The Kier molecular flexibility index (Phi) is 6.52. The van der Waals surface area contributed by atoms with Crippen LogP contribution in [0.4, 0.5) is 5.69 Å². The predicted molar refractivity (Wildman–Crippen MR) is 95.6 cm³/mol. The summed E-state index contributed by atoms with van der Waals surface area (Å²) in [4.78, 5) is 10.1. The normalized spacial score (nSPS) is 11.5. The molecular formula is C15H19BrN4O3S. The van der Waals surface area contributed by atoms with E-state index < -0.39 is 10.0 Å². The van der Waals surface area contributed by atoms with Crippen molar-refractivity contribution in [1.29, 1.82) is 0 Å². The van der Waals surface area contributed by atoms with Crippen molar-refractivity contribution in [2.75, 3.05) is 32.0 Å². The van der Waals surface area contributed by atoms with E-state index in [0.717, 1.165) is 13.0 Å². The molecule has 0 aliphatic rings. The van der Waals surface area contributed by atoms with Crippen LogP contribution in [0.15, 0.2) is 46.2 Å². The lowest BCUT2D eigenvalue weighted by Crippen LogP contribution is -2.17. The Bertz CT molecular complexity index is 770. The minimum atomic E-state index is -3.76. The molecule has 130 valence electrons. The molecule has 0 saturated heterocycles. The van der Waals surface area contributed by atoms with Gasteiger partial charge in [0.05, 0.1) is 6.61 Å². The molecule has 0 radical (unpaired) electrons. The molecule has 0 aliphatic carbocycles. The van der Waals surface area contributed by atoms with Crippen LogP contribution in [-0.2, 0) is 10.0 Å². The molecule has 24 heavy (non-hydrogen) atoms. The monoisotopic (exact) mass is 414 g/mol. The van der Waals surface area contributed by atoms with Crippen LogP contribution in [0.3, 0.4) is 0 Å². The third kappa shape index (κ3) is 5.43. The Morgan fingerprint density at radius 2 is 2.12 bits per heavy atom. The number of halogens is 1. The van der Waals surface area contributed by atoms with Gasteiger partial charge in [-0.15, -0.1) is 0 Å². The lowest BCUT2D eigenvalue weighted by atomic mass is 10.4. The molecular weight excluding hydrogens is 396 g/mol. The number of hydrogen-bond acceptors (Lipinski definition) is 6. The average Bonchev–Trinajstić information content (AvgIpc) is 2.53. The van der Waals surface area contributed by atoms with Gasteiger partial charge in [-0.25, -0.2) is 13.4 Å². The van der Waals surface area contributed by atoms with Crippen molar-refractivity contribution in [2.45, 2.75) is 11.3 Å². The van der Waals surface area contributed by atoms with E-state index in [1.54, 1.807) is 18.3 Å². The first kappa shape index (κ1) is 18.6. The maximum atomic E-state index is 12.4. The van der Waals surface area contributed by atoms with Gasteiger partial charge in [0.2, 0.25) is 5.88 Å². The molecule has 2 aromatic heterocycles. The fraction of sp³-hybridized carbons (Fsp3) is 0.333. The molecule has 9 heteroatoms. The highest BCUT2D eigenvalue weighted by molar-refractivity contribution is 9.10. The topological polar surface area (TPSA) is 84.4 Å². The van der Waals surface area contributed by atoms with E-state index >= 15 is 0 Å². The van der Waals surface area contributed by atoms with Gasteiger partial charge in [0, 0.05) is 29.6 Å². The quantitative estimate of drug-likeness (QED) is 0.667. The molecule has 0 fully saturated rings. The second-order valence-electron chi connectivity index (χ2n) is 5.31. The number of hydrogen-bond donors (Lipinski definition) is 1. The summed E-state index contributed by atoms with van der Waals surface area (Å²) < 4.78 is 33.6. The highest BCUT2D eigenvalue weighted by Crippen LogP contribution is 2.27. The van der Waals surface area contributed by atoms with Crippen LogP contribution in [0.25, 0.3) is 0 Å². The lowest BCUT2D eigenvalue weighted by Gasteiger charge is -2.14. The smallest absolute Gasteiger partial charge is 0.263 e. The molecule has 0 spiro atoms. The highest BCUT2D eigenvalue weighted by atomic mass is 79.9. The first-order valence-electron chi connectivity index (χ1n) is 7.24. The Morgan fingerprint density at radius 1 is 1.33 bits per heavy atom. The van der Waals surface area contributed by atoms with E-state index in [0.29, 0.717) is 11.1 Å². The minimum Gasteiger partial charge on any atom is -0.476 e. The van der Waals surface area contributed by atoms with Gasteiger partial charge in [-0.3, -0.25) is 9.71 Å². The second-order valence-corrected chi connectivity index (χ2v) is 7.90. The molecule has 0 aromatic carbocycles. The van der Waals surface area contributed by atoms with E-state index in [9.17, 15) is 8.42 Å². The molecule has 0 atom stereocenters. The van der Waals surface area contributed by atoms with Gasteiger partial charge < -0.3 is 9.64 Å². The zero-order chi connectivity index (χ0) is 17.6. The van der Waals surface area contributed by atoms with Crippen LogP contribution in [-0.4, -0.2) is 50.5 Å². The van der Waals surface area contributed by atoms with Gasteiger partial charge in [0.1, 0.15) is 10.6 Å². The maximum Gasteiger partial charge on any atom is 0.263 e. The van der Waals surface area contributed by atoms with Crippen LogP contribution >= 0.6 is 15.9 Å². The highest BCUT2D eigenvalue weighted by Gasteiger charge is 2.18. The lowest BCUT2D eigenvalue weighted by molar-refractivity contribution is 0.274. The van der Waals surface area contributed by atoms with E-state index in [4.69, 9.17) is 4.74 Å². The zero-order valence-electron chi connectivity index (χ0n) is 13.4. The van der Waals surface area contributed by atoms with Crippen molar-refractivity contribution in [3.8, 4) is 5.88 Å². The molecule has 2 heterocycles. The number of aromatic nitrogens is 2. The summed E-state index contributed by atoms with van der Waals surface area (Å²) >= 11 is 3.29. The van der Waals surface area contributed by atoms with Crippen molar-refractivity contribution >= 4 is 31.6 Å². The largest absolute Gasteiger partial charge is 0.476 e. The van der Waals surface area contributed by atoms with Crippen LogP contribution in [0, 0.1) is 0 Å². The number of nitrogens with one attached hydrogen (secondary N) is 1. The number of rotatable bonds is 8. The molecule has 1 N–H and O–H groups in total. The SMILES string of the molecule is CN(C)CCCOc1ncc(Br)cc1NS(=O)(=O)c1cccnc1. The first-order valence-corrected chi connectivity index (χ1v) is 9.52. The number of nitrogens with zero attached hydrogens (tertiary/aromatic N) is 3. The Hall–Kier alpha value is -1.71. The Morgan fingerprint density at radius 3 is 2.79 bits per heavy atom. The van der Waals surface area contributed by atoms with Crippen molar-refractivity contribution < 1.29 is 13.2 Å². The van der Waals surface area contributed by atoms with Crippen molar-refractivity contribution in [1.82, 2.24) is 14.9 Å². The average molecular weight is 415 g/mol. The number of anilines is 1. The third-order valence-electron chi connectivity index (χ3n) is 3.00.